The summed E-state index contributed by atoms with van der Waals surface area (Å²) in [6.45, 7) is 4.48. The quantitative estimate of drug-likeness (QED) is 0.319. The minimum atomic E-state index is 0.601. The number of allylic oxidation sites excluding steroid dienone is 2. The van der Waals surface area contributed by atoms with Gasteiger partial charge in [-0.15, -0.1) is 0 Å². The molecule has 0 spiro atoms. The lowest BCUT2D eigenvalue weighted by Gasteiger charge is -2.00. The molecule has 78 valence electrons. The highest BCUT2D eigenvalue weighted by molar-refractivity contribution is 9.09. The summed E-state index contributed by atoms with van der Waals surface area (Å²) in [4.78, 5) is 0.601. The van der Waals surface area contributed by atoms with Gasteiger partial charge in [-0.1, -0.05) is 67.6 Å². The van der Waals surface area contributed by atoms with Gasteiger partial charge in [-0.3, -0.25) is 0 Å². The Labute approximate surface area is 91.9 Å². The van der Waals surface area contributed by atoms with Crippen molar-refractivity contribution in [1.29, 1.82) is 0 Å². The van der Waals surface area contributed by atoms with E-state index in [1.165, 1.54) is 44.9 Å². The summed E-state index contributed by atoms with van der Waals surface area (Å²) in [6, 6.07) is 0. The highest BCUT2D eigenvalue weighted by Crippen LogP contribution is 2.10. The number of alkyl halides is 1. The topological polar surface area (TPSA) is 0 Å². The molecule has 0 aromatic rings. The lowest BCUT2D eigenvalue weighted by atomic mass is 10.1. The zero-order valence-electron chi connectivity index (χ0n) is 9.06. The van der Waals surface area contributed by atoms with Crippen LogP contribution in [-0.2, 0) is 0 Å². The Morgan fingerprint density at radius 1 is 1.08 bits per heavy atom. The molecule has 0 fully saturated rings. The van der Waals surface area contributed by atoms with Crippen molar-refractivity contribution in [3.8, 4) is 0 Å². The van der Waals surface area contributed by atoms with E-state index in [9.17, 15) is 0 Å². The van der Waals surface area contributed by atoms with Crippen molar-refractivity contribution >= 4 is 15.9 Å². The molecular weight excluding hydrogens is 224 g/mol. The maximum Gasteiger partial charge on any atom is 0.0325 e. The van der Waals surface area contributed by atoms with E-state index in [2.05, 4.69) is 41.9 Å². The fourth-order valence-electron chi connectivity index (χ4n) is 1.30. The second kappa shape index (κ2) is 10.3. The Morgan fingerprint density at radius 3 is 2.46 bits per heavy atom. The second-order valence-corrected chi connectivity index (χ2v) is 4.76. The van der Waals surface area contributed by atoms with Crippen LogP contribution in [0.25, 0.3) is 0 Å². The molecule has 1 unspecified atom stereocenters. The highest BCUT2D eigenvalue weighted by atomic mass is 79.9. The number of halogens is 1. The lowest BCUT2D eigenvalue weighted by molar-refractivity contribution is 0.673. The van der Waals surface area contributed by atoms with E-state index in [1.807, 2.05) is 0 Å². The third-order valence-electron chi connectivity index (χ3n) is 2.13. The number of unbranched alkanes of at least 4 members (excludes halogenated alkanes) is 4. The first-order valence-corrected chi connectivity index (χ1v) is 6.53. The molecule has 0 N–H and O–H groups in total. The van der Waals surface area contributed by atoms with Crippen LogP contribution in [0.2, 0.25) is 0 Å². The van der Waals surface area contributed by atoms with Gasteiger partial charge in [-0.2, -0.15) is 0 Å². The molecule has 0 rings (SSSR count). The molecule has 0 heterocycles. The van der Waals surface area contributed by atoms with Gasteiger partial charge < -0.3 is 0 Å². The molecular formula is C12H23Br. The third-order valence-corrected chi connectivity index (χ3v) is 2.90. The molecule has 0 aliphatic rings. The molecule has 0 amide bonds. The molecule has 0 aliphatic heterocycles. The van der Waals surface area contributed by atoms with Gasteiger partial charge in [0, 0.05) is 4.83 Å². The van der Waals surface area contributed by atoms with E-state index >= 15 is 0 Å². The van der Waals surface area contributed by atoms with Gasteiger partial charge in [0.2, 0.25) is 0 Å². The summed E-state index contributed by atoms with van der Waals surface area (Å²) in [5, 5.41) is 0. The number of rotatable bonds is 8. The van der Waals surface area contributed by atoms with Crippen LogP contribution in [-0.4, -0.2) is 4.83 Å². The molecule has 0 nitrogen and oxygen atoms in total. The Bertz CT molecular complexity index is 118. The summed E-state index contributed by atoms with van der Waals surface area (Å²) in [7, 11) is 0. The maximum absolute atomic E-state index is 3.63. The van der Waals surface area contributed by atoms with Gasteiger partial charge in [-0.05, 0) is 19.3 Å². The Morgan fingerprint density at radius 2 is 1.85 bits per heavy atom. The van der Waals surface area contributed by atoms with Crippen molar-refractivity contribution in [1.82, 2.24) is 0 Å². The highest BCUT2D eigenvalue weighted by Gasteiger charge is 1.94. The van der Waals surface area contributed by atoms with Crippen molar-refractivity contribution in [2.75, 3.05) is 0 Å². The average Bonchev–Trinajstić information content (AvgIpc) is 2.11. The Balaban J connectivity index is 3.20. The van der Waals surface area contributed by atoms with E-state index in [4.69, 9.17) is 0 Å². The largest absolute Gasteiger partial charge is 0.0874 e. The minimum absolute atomic E-state index is 0.601. The van der Waals surface area contributed by atoms with E-state index in [1.54, 1.807) is 0 Å². The summed E-state index contributed by atoms with van der Waals surface area (Å²) < 4.78 is 0. The van der Waals surface area contributed by atoms with Gasteiger partial charge in [0.1, 0.15) is 0 Å². The van der Waals surface area contributed by atoms with E-state index in [0.29, 0.717) is 4.83 Å². The summed E-state index contributed by atoms with van der Waals surface area (Å²) in [5.74, 6) is 0. The van der Waals surface area contributed by atoms with Gasteiger partial charge >= 0.3 is 0 Å². The van der Waals surface area contributed by atoms with Crippen LogP contribution in [0, 0.1) is 0 Å². The summed E-state index contributed by atoms with van der Waals surface area (Å²) in [6.07, 6.45) is 13.9. The van der Waals surface area contributed by atoms with Crippen LogP contribution in [0.3, 0.4) is 0 Å². The van der Waals surface area contributed by atoms with Crippen LogP contribution < -0.4 is 0 Å². The number of hydrogen-bond acceptors (Lipinski definition) is 0. The SMILES string of the molecule is CCCCCC/C=C/C(Br)CCC. The van der Waals surface area contributed by atoms with E-state index in [0.717, 1.165) is 0 Å². The zero-order valence-corrected chi connectivity index (χ0v) is 10.6. The van der Waals surface area contributed by atoms with Crippen molar-refractivity contribution in [2.45, 2.75) is 63.6 Å². The minimum Gasteiger partial charge on any atom is -0.0874 e. The number of hydrogen-bond donors (Lipinski definition) is 0. The molecule has 1 atom stereocenters. The van der Waals surface area contributed by atoms with Gasteiger partial charge in [0.05, 0.1) is 0 Å². The normalized spacial score (nSPS) is 13.8. The summed E-state index contributed by atoms with van der Waals surface area (Å²) >= 11 is 3.63. The smallest absolute Gasteiger partial charge is 0.0325 e. The first-order chi connectivity index (χ1) is 6.31. The fraction of sp³-hybridized carbons (Fsp3) is 0.833. The molecule has 1 heteroatoms. The third kappa shape index (κ3) is 10.1. The van der Waals surface area contributed by atoms with E-state index < -0.39 is 0 Å². The molecule has 0 aromatic heterocycles. The van der Waals surface area contributed by atoms with Gasteiger partial charge in [0.15, 0.2) is 0 Å². The van der Waals surface area contributed by atoms with Crippen molar-refractivity contribution in [2.24, 2.45) is 0 Å². The molecule has 0 saturated carbocycles. The van der Waals surface area contributed by atoms with Crippen LogP contribution in [0.15, 0.2) is 12.2 Å². The summed E-state index contributed by atoms with van der Waals surface area (Å²) in [5.41, 5.74) is 0. The van der Waals surface area contributed by atoms with E-state index in [-0.39, 0.29) is 0 Å². The Hall–Kier alpha value is 0.220. The average molecular weight is 247 g/mol. The van der Waals surface area contributed by atoms with Crippen molar-refractivity contribution < 1.29 is 0 Å². The second-order valence-electron chi connectivity index (χ2n) is 3.58. The van der Waals surface area contributed by atoms with Crippen LogP contribution in [0.5, 0.6) is 0 Å². The monoisotopic (exact) mass is 246 g/mol. The van der Waals surface area contributed by atoms with Crippen LogP contribution in [0.1, 0.15) is 58.8 Å². The lowest BCUT2D eigenvalue weighted by Crippen LogP contribution is -1.89. The van der Waals surface area contributed by atoms with Gasteiger partial charge in [0.25, 0.3) is 0 Å². The predicted octanol–water partition coefficient (Wildman–Crippen LogP) is 5.08. The van der Waals surface area contributed by atoms with Gasteiger partial charge in [-0.25, -0.2) is 0 Å². The fourth-order valence-corrected chi connectivity index (χ4v) is 1.98. The van der Waals surface area contributed by atoms with Crippen LogP contribution in [0.4, 0.5) is 0 Å². The molecule has 0 radical (unpaired) electrons. The molecule has 13 heavy (non-hydrogen) atoms. The molecule has 0 bridgehead atoms. The maximum atomic E-state index is 3.63. The van der Waals surface area contributed by atoms with Crippen LogP contribution >= 0.6 is 15.9 Å². The molecule has 0 saturated heterocycles. The molecule has 0 aromatic carbocycles. The first-order valence-electron chi connectivity index (χ1n) is 5.62. The first kappa shape index (κ1) is 13.2. The standard InChI is InChI=1S/C12H23Br/c1-3-5-6-7-8-9-11-12(13)10-4-2/h9,11-12H,3-8,10H2,1-2H3/b11-9+. The molecule has 0 aliphatic carbocycles. The van der Waals surface area contributed by atoms with Crippen molar-refractivity contribution in [3.63, 3.8) is 0 Å². The Kier molecular flexibility index (Phi) is 10.5. The van der Waals surface area contributed by atoms with Crippen molar-refractivity contribution in [3.05, 3.63) is 12.2 Å². The zero-order chi connectivity index (χ0) is 9.94. The predicted molar refractivity (Wildman–Crippen MR) is 65.5 cm³/mol.